The van der Waals surface area contributed by atoms with Crippen molar-refractivity contribution in [1.29, 1.82) is 0 Å². The van der Waals surface area contributed by atoms with Gasteiger partial charge in [-0.1, -0.05) is 166 Å². The molecule has 2 heterocycles. The van der Waals surface area contributed by atoms with Crippen LogP contribution < -0.4 is 0 Å². The average Bonchev–Trinajstić information content (AvgIpc) is 3.97. The lowest BCUT2D eigenvalue weighted by Crippen LogP contribution is -2.25. The molecule has 3 nitrogen and oxygen atoms in total. The van der Waals surface area contributed by atoms with Gasteiger partial charge in [0.2, 0.25) is 0 Å². The van der Waals surface area contributed by atoms with E-state index >= 15 is 0 Å². The summed E-state index contributed by atoms with van der Waals surface area (Å²) in [5, 5.41) is 3.66. The van der Waals surface area contributed by atoms with Crippen LogP contribution in [0.5, 0.6) is 0 Å². The predicted octanol–water partition coefficient (Wildman–Crippen LogP) is 13.9. The van der Waals surface area contributed by atoms with Crippen LogP contribution in [0.3, 0.4) is 0 Å². The van der Waals surface area contributed by atoms with Gasteiger partial charge in [0.1, 0.15) is 0 Å². The van der Waals surface area contributed by atoms with Crippen LogP contribution >= 0.6 is 11.3 Å². The van der Waals surface area contributed by atoms with Crippen molar-refractivity contribution >= 4 is 32.2 Å². The quantitative estimate of drug-likeness (QED) is 0.180. The van der Waals surface area contributed by atoms with E-state index in [0.29, 0.717) is 17.5 Å². The average molecular weight is 770 g/mol. The second kappa shape index (κ2) is 11.8. The van der Waals surface area contributed by atoms with Crippen LogP contribution in [-0.4, -0.2) is 15.0 Å². The van der Waals surface area contributed by atoms with Gasteiger partial charge in [0, 0.05) is 31.7 Å². The molecule has 0 unspecified atom stereocenters. The van der Waals surface area contributed by atoms with E-state index in [1.807, 2.05) is 11.3 Å². The third-order valence-electron chi connectivity index (χ3n) is 13.3. The Morgan fingerprint density at radius 3 is 1.58 bits per heavy atom. The van der Waals surface area contributed by atoms with Crippen LogP contribution in [0.15, 0.2) is 176 Å². The smallest absolute Gasteiger partial charge is 0.164 e. The minimum atomic E-state index is -0.481. The molecule has 3 aliphatic rings. The molecule has 0 atom stereocenters. The van der Waals surface area contributed by atoms with Crippen molar-refractivity contribution in [3.63, 3.8) is 0 Å². The van der Waals surface area contributed by atoms with E-state index in [0.717, 1.165) is 22.1 Å². The standard InChI is InChI=1S/C55H35N3S/c1-54(2)43-19-9-5-15-37(43)40-27-25-35(30-46(40)54)52-56-51(34-24-23-32-13-3-4-14-33(32)29-34)57-53(58-52)36-26-28-41-47(31-36)55(49-42-18-8-12-22-48(42)59-50(41)49)44-20-10-6-16-38(44)39-17-7-11-21-45(39)55/h3-31H,1-2H3. The molecular formula is C55H35N3S. The minimum Gasteiger partial charge on any atom is -0.208 e. The minimum absolute atomic E-state index is 0.148. The number of nitrogens with zero attached hydrogens (tertiary/aromatic N) is 3. The first kappa shape index (κ1) is 33.0. The van der Waals surface area contributed by atoms with Gasteiger partial charge in [-0.15, -0.1) is 11.3 Å². The Morgan fingerprint density at radius 1 is 0.390 bits per heavy atom. The Labute approximate surface area is 346 Å². The topological polar surface area (TPSA) is 38.7 Å². The molecule has 8 aromatic carbocycles. The van der Waals surface area contributed by atoms with Crippen LogP contribution in [-0.2, 0) is 10.8 Å². The summed E-state index contributed by atoms with van der Waals surface area (Å²) < 4.78 is 1.32. The first-order valence-electron chi connectivity index (χ1n) is 20.4. The summed E-state index contributed by atoms with van der Waals surface area (Å²) >= 11 is 1.90. The van der Waals surface area contributed by atoms with Gasteiger partial charge in [0.05, 0.1) is 5.41 Å². The number of thiophene rings is 1. The summed E-state index contributed by atoms with van der Waals surface area (Å²) in [6.07, 6.45) is 0. The van der Waals surface area contributed by atoms with Gasteiger partial charge in [-0.25, -0.2) is 15.0 Å². The molecule has 2 aromatic heterocycles. The third kappa shape index (κ3) is 4.39. The molecule has 10 aromatic rings. The maximum atomic E-state index is 5.38. The first-order chi connectivity index (χ1) is 29.0. The van der Waals surface area contributed by atoms with E-state index in [4.69, 9.17) is 15.0 Å². The molecule has 59 heavy (non-hydrogen) atoms. The van der Waals surface area contributed by atoms with Crippen molar-refractivity contribution in [2.24, 2.45) is 0 Å². The van der Waals surface area contributed by atoms with Crippen LogP contribution in [0.2, 0.25) is 0 Å². The van der Waals surface area contributed by atoms with E-state index < -0.39 is 5.41 Å². The molecular weight excluding hydrogens is 735 g/mol. The van der Waals surface area contributed by atoms with Crippen molar-refractivity contribution in [2.75, 3.05) is 0 Å². The van der Waals surface area contributed by atoms with Gasteiger partial charge < -0.3 is 0 Å². The van der Waals surface area contributed by atoms with Crippen molar-refractivity contribution in [2.45, 2.75) is 24.7 Å². The fraction of sp³-hybridized carbons (Fsp3) is 0.0727. The zero-order valence-electron chi connectivity index (χ0n) is 32.5. The molecule has 0 fully saturated rings. The summed E-state index contributed by atoms with van der Waals surface area (Å²) in [4.78, 5) is 17.3. The second-order valence-electron chi connectivity index (χ2n) is 16.7. The molecule has 0 radical (unpaired) electrons. The molecule has 0 aliphatic heterocycles. The summed E-state index contributed by atoms with van der Waals surface area (Å²) in [6, 6.07) is 64.4. The summed E-state index contributed by atoms with van der Waals surface area (Å²) in [5.74, 6) is 2.00. The number of benzene rings is 8. The highest BCUT2D eigenvalue weighted by atomic mass is 32.1. The number of hydrogen-bond donors (Lipinski definition) is 0. The van der Waals surface area contributed by atoms with E-state index in [9.17, 15) is 0 Å². The Bertz CT molecular complexity index is 3400. The van der Waals surface area contributed by atoms with Gasteiger partial charge in [-0.3, -0.25) is 0 Å². The summed E-state index contributed by atoms with van der Waals surface area (Å²) in [5.41, 5.74) is 16.7. The molecule has 1 spiro atoms. The monoisotopic (exact) mass is 769 g/mol. The molecule has 0 amide bonds. The molecule has 0 N–H and O–H groups in total. The molecule has 4 heteroatoms. The van der Waals surface area contributed by atoms with E-state index in [2.05, 4.69) is 190 Å². The van der Waals surface area contributed by atoms with Crippen molar-refractivity contribution in [3.05, 3.63) is 209 Å². The van der Waals surface area contributed by atoms with E-state index in [1.165, 1.54) is 81.5 Å². The van der Waals surface area contributed by atoms with Gasteiger partial charge in [-0.2, -0.15) is 0 Å². The van der Waals surface area contributed by atoms with Gasteiger partial charge in [0.25, 0.3) is 0 Å². The van der Waals surface area contributed by atoms with Crippen LogP contribution in [0, 0.1) is 0 Å². The first-order valence-corrected chi connectivity index (χ1v) is 21.2. The number of hydrogen-bond acceptors (Lipinski definition) is 4. The van der Waals surface area contributed by atoms with Crippen molar-refractivity contribution in [3.8, 4) is 66.9 Å². The maximum absolute atomic E-state index is 5.38. The summed E-state index contributed by atoms with van der Waals surface area (Å²) in [6.45, 7) is 4.64. The molecule has 13 rings (SSSR count). The number of aromatic nitrogens is 3. The van der Waals surface area contributed by atoms with E-state index in [-0.39, 0.29) is 5.41 Å². The number of rotatable bonds is 3. The Hall–Kier alpha value is -7.01. The van der Waals surface area contributed by atoms with Gasteiger partial charge >= 0.3 is 0 Å². The van der Waals surface area contributed by atoms with Crippen molar-refractivity contribution in [1.82, 2.24) is 15.0 Å². The second-order valence-corrected chi connectivity index (χ2v) is 17.8. The maximum Gasteiger partial charge on any atom is 0.164 e. The van der Waals surface area contributed by atoms with Gasteiger partial charge in [-0.05, 0) is 102 Å². The lowest BCUT2D eigenvalue weighted by atomic mass is 9.70. The fourth-order valence-electron chi connectivity index (χ4n) is 10.7. The molecule has 0 bridgehead atoms. The van der Waals surface area contributed by atoms with Crippen molar-refractivity contribution < 1.29 is 0 Å². The summed E-state index contributed by atoms with van der Waals surface area (Å²) in [7, 11) is 0. The Morgan fingerprint density at radius 2 is 0.881 bits per heavy atom. The highest BCUT2D eigenvalue weighted by molar-refractivity contribution is 7.22. The van der Waals surface area contributed by atoms with Crippen LogP contribution in [0.1, 0.15) is 47.2 Å². The predicted molar refractivity (Wildman–Crippen MR) is 243 cm³/mol. The zero-order chi connectivity index (χ0) is 39.0. The SMILES string of the molecule is CC1(C)c2ccccc2-c2ccc(-c3nc(-c4ccc5c(c4)C4(c6ccccc6-c6ccccc64)c4c-5sc5ccccc45)nc(-c4ccc5ccccc5c4)n3)cc21. The van der Waals surface area contributed by atoms with Crippen LogP contribution in [0.4, 0.5) is 0 Å². The lowest BCUT2D eigenvalue weighted by molar-refractivity contribution is 0.660. The lowest BCUT2D eigenvalue weighted by Gasteiger charge is -2.30. The third-order valence-corrected chi connectivity index (χ3v) is 14.5. The fourth-order valence-corrected chi connectivity index (χ4v) is 12.0. The normalized spacial score (nSPS) is 14.5. The molecule has 3 aliphatic carbocycles. The Balaban J connectivity index is 1.06. The largest absolute Gasteiger partial charge is 0.208 e. The molecule has 0 saturated carbocycles. The highest BCUT2D eigenvalue weighted by Gasteiger charge is 2.53. The number of fused-ring (bicyclic) bond motifs is 16. The van der Waals surface area contributed by atoms with Gasteiger partial charge in [0.15, 0.2) is 17.5 Å². The highest BCUT2D eigenvalue weighted by Crippen LogP contribution is 2.66. The van der Waals surface area contributed by atoms with E-state index in [1.54, 1.807) is 0 Å². The van der Waals surface area contributed by atoms with Crippen LogP contribution in [0.25, 0.3) is 87.7 Å². The Kier molecular flexibility index (Phi) is 6.59. The zero-order valence-corrected chi connectivity index (χ0v) is 33.3. The molecule has 276 valence electrons. The molecule has 0 saturated heterocycles.